The molecule has 0 saturated carbocycles. The van der Waals surface area contributed by atoms with Gasteiger partial charge < -0.3 is 19.8 Å². The molecule has 2 aromatic heterocycles. The van der Waals surface area contributed by atoms with E-state index in [4.69, 9.17) is 0 Å². The number of nitrogens with one attached hydrogen (secondary N) is 3. The standard InChI is InChI=1S/C28H27N5O2/c1-32-13-9-17-7-8-19-21(26(17)32)23-22(27(34)31-28(23)35)20-18-6-2-4-16(24(18)30-25(19)20)5-3-12-33-14-10-29-11-15-33/h2,4,6-9,13,29-30H,3,5,10-12,14-15H2,1H3,(H,31,34,35). The number of hydrogen-bond donors (Lipinski definition) is 3. The topological polar surface area (TPSA) is 82.2 Å². The number of aromatic nitrogens is 2. The van der Waals surface area contributed by atoms with Gasteiger partial charge in [0.05, 0.1) is 22.2 Å². The van der Waals surface area contributed by atoms with Crippen LogP contribution in [0.15, 0.2) is 42.6 Å². The molecule has 0 unspecified atom stereocenters. The van der Waals surface area contributed by atoms with Gasteiger partial charge in [0.2, 0.25) is 0 Å². The van der Waals surface area contributed by atoms with Crippen molar-refractivity contribution < 1.29 is 9.59 Å². The van der Waals surface area contributed by atoms with Crippen LogP contribution >= 0.6 is 0 Å². The van der Waals surface area contributed by atoms with Gasteiger partial charge in [0.1, 0.15) is 0 Å². The molecule has 7 nitrogen and oxygen atoms in total. The van der Waals surface area contributed by atoms with Gasteiger partial charge in [-0.2, -0.15) is 0 Å². The van der Waals surface area contributed by atoms with E-state index >= 15 is 0 Å². The Labute approximate surface area is 202 Å². The number of benzene rings is 3. The molecule has 1 fully saturated rings. The van der Waals surface area contributed by atoms with Crippen LogP contribution in [0.2, 0.25) is 0 Å². The van der Waals surface area contributed by atoms with Gasteiger partial charge in [0, 0.05) is 71.9 Å². The van der Waals surface area contributed by atoms with E-state index in [0.717, 1.165) is 89.0 Å². The van der Waals surface area contributed by atoms with Crippen molar-refractivity contribution in [1.29, 1.82) is 0 Å². The molecule has 0 bridgehead atoms. The van der Waals surface area contributed by atoms with Crippen molar-refractivity contribution in [2.45, 2.75) is 12.8 Å². The van der Waals surface area contributed by atoms with Gasteiger partial charge >= 0.3 is 0 Å². The predicted octanol–water partition coefficient (Wildman–Crippen LogP) is 3.69. The highest BCUT2D eigenvalue weighted by atomic mass is 16.2. The van der Waals surface area contributed by atoms with E-state index < -0.39 is 0 Å². The van der Waals surface area contributed by atoms with Crippen molar-refractivity contribution in [3.63, 3.8) is 0 Å². The Morgan fingerprint density at radius 3 is 2.49 bits per heavy atom. The zero-order chi connectivity index (χ0) is 23.7. The summed E-state index contributed by atoms with van der Waals surface area (Å²) < 4.78 is 2.03. The number of fused-ring (bicyclic) bond motifs is 10. The highest BCUT2D eigenvalue weighted by molar-refractivity contribution is 6.39. The first-order chi connectivity index (χ1) is 17.1. The van der Waals surface area contributed by atoms with Crippen LogP contribution in [0, 0.1) is 0 Å². The maximum Gasteiger partial charge on any atom is 0.259 e. The lowest BCUT2D eigenvalue weighted by molar-refractivity contribution is 0.0880. The molecule has 0 spiro atoms. The molecular formula is C28H27N5O2. The Bertz CT molecular complexity index is 1690. The zero-order valence-electron chi connectivity index (χ0n) is 19.7. The highest BCUT2D eigenvalue weighted by Crippen LogP contribution is 2.42. The quantitative estimate of drug-likeness (QED) is 0.354. The van der Waals surface area contributed by atoms with E-state index in [1.807, 2.05) is 23.9 Å². The maximum atomic E-state index is 13.1. The third-order valence-corrected chi connectivity index (χ3v) is 7.79. The lowest BCUT2D eigenvalue weighted by Gasteiger charge is -2.27. The molecule has 35 heavy (non-hydrogen) atoms. The highest BCUT2D eigenvalue weighted by Gasteiger charge is 2.34. The molecule has 7 heteroatoms. The largest absolute Gasteiger partial charge is 0.354 e. The number of aromatic amines is 1. The number of rotatable bonds is 4. The maximum absolute atomic E-state index is 13.1. The fourth-order valence-corrected chi connectivity index (χ4v) is 6.16. The van der Waals surface area contributed by atoms with Gasteiger partial charge in [0.15, 0.2) is 0 Å². The fraction of sp³-hybridized carbons (Fsp3) is 0.286. The molecule has 7 rings (SSSR count). The Morgan fingerprint density at radius 2 is 1.66 bits per heavy atom. The summed E-state index contributed by atoms with van der Waals surface area (Å²) in [6.45, 7) is 5.41. The molecule has 4 heterocycles. The van der Waals surface area contributed by atoms with E-state index in [9.17, 15) is 9.59 Å². The smallest absolute Gasteiger partial charge is 0.259 e. The molecule has 0 radical (unpaired) electrons. The van der Waals surface area contributed by atoms with Crippen molar-refractivity contribution in [2.75, 3.05) is 32.7 Å². The fourth-order valence-electron chi connectivity index (χ4n) is 6.16. The van der Waals surface area contributed by atoms with E-state index in [-0.39, 0.29) is 11.8 Å². The number of amides is 2. The van der Waals surface area contributed by atoms with Gasteiger partial charge in [-0.3, -0.25) is 14.9 Å². The normalized spacial score (nSPS) is 16.7. The molecule has 3 N–H and O–H groups in total. The second-order valence-electron chi connectivity index (χ2n) is 9.80. The molecule has 176 valence electrons. The van der Waals surface area contributed by atoms with Crippen LogP contribution in [0.3, 0.4) is 0 Å². The third kappa shape index (κ3) is 2.98. The molecule has 2 aliphatic rings. The molecule has 3 aromatic carbocycles. The van der Waals surface area contributed by atoms with Crippen molar-refractivity contribution >= 4 is 55.3 Å². The molecule has 0 aliphatic carbocycles. The van der Waals surface area contributed by atoms with E-state index in [1.54, 1.807) is 0 Å². The van der Waals surface area contributed by atoms with Gasteiger partial charge in [-0.05, 0) is 31.0 Å². The minimum atomic E-state index is -0.313. The first-order valence-corrected chi connectivity index (χ1v) is 12.4. The number of hydrogen-bond acceptors (Lipinski definition) is 4. The molecule has 1 saturated heterocycles. The Balaban J connectivity index is 1.45. The van der Waals surface area contributed by atoms with Crippen LogP contribution in [0.25, 0.3) is 43.5 Å². The van der Waals surface area contributed by atoms with Crippen molar-refractivity contribution in [3.8, 4) is 0 Å². The van der Waals surface area contributed by atoms with E-state index in [1.165, 1.54) is 5.56 Å². The third-order valence-electron chi connectivity index (χ3n) is 7.79. The first-order valence-electron chi connectivity index (χ1n) is 12.4. The Kier molecular flexibility index (Phi) is 4.53. The second-order valence-corrected chi connectivity index (χ2v) is 9.80. The summed E-state index contributed by atoms with van der Waals surface area (Å²) in [4.78, 5) is 32.4. The van der Waals surface area contributed by atoms with Gasteiger partial charge in [-0.25, -0.2) is 0 Å². The molecular weight excluding hydrogens is 438 g/mol. The molecule has 0 atom stereocenters. The summed E-state index contributed by atoms with van der Waals surface area (Å²) in [6.07, 6.45) is 4.04. The molecule has 2 aliphatic heterocycles. The number of imide groups is 1. The van der Waals surface area contributed by atoms with E-state index in [2.05, 4.69) is 50.8 Å². The van der Waals surface area contributed by atoms with Gasteiger partial charge in [-0.15, -0.1) is 0 Å². The number of carbonyl (C=O) groups is 2. The van der Waals surface area contributed by atoms with Crippen LogP contribution in [0.1, 0.15) is 32.7 Å². The number of para-hydroxylation sites is 1. The summed E-state index contributed by atoms with van der Waals surface area (Å²) in [5, 5.41) is 10.7. The van der Waals surface area contributed by atoms with Crippen LogP contribution in [0.5, 0.6) is 0 Å². The average Bonchev–Trinajstić information content (AvgIpc) is 3.53. The van der Waals surface area contributed by atoms with Crippen LogP contribution in [0.4, 0.5) is 0 Å². The monoisotopic (exact) mass is 465 g/mol. The number of aryl methyl sites for hydroxylation is 2. The number of piperazine rings is 1. The predicted molar refractivity (Wildman–Crippen MR) is 139 cm³/mol. The van der Waals surface area contributed by atoms with Crippen molar-refractivity contribution in [2.24, 2.45) is 7.05 Å². The average molecular weight is 466 g/mol. The summed E-state index contributed by atoms with van der Waals surface area (Å²) in [7, 11) is 1.98. The van der Waals surface area contributed by atoms with E-state index in [0.29, 0.717) is 11.1 Å². The lowest BCUT2D eigenvalue weighted by Crippen LogP contribution is -2.43. The minimum Gasteiger partial charge on any atom is -0.354 e. The second kappa shape index (κ2) is 7.66. The summed E-state index contributed by atoms with van der Waals surface area (Å²) in [5.74, 6) is -0.625. The van der Waals surface area contributed by atoms with Crippen molar-refractivity contribution in [1.82, 2.24) is 25.1 Å². The van der Waals surface area contributed by atoms with Gasteiger partial charge in [0.25, 0.3) is 11.8 Å². The SMILES string of the molecule is Cn1ccc2ccc3c4[nH]c5c(CCCN6CCNCC6)cccc5c4c4c(c3c21)C(=O)NC4=O. The Morgan fingerprint density at radius 1 is 0.886 bits per heavy atom. The van der Waals surface area contributed by atoms with Gasteiger partial charge in [-0.1, -0.05) is 30.3 Å². The van der Waals surface area contributed by atoms with Crippen molar-refractivity contribution in [3.05, 3.63) is 59.3 Å². The number of nitrogens with zero attached hydrogens (tertiary/aromatic N) is 2. The van der Waals surface area contributed by atoms with Crippen LogP contribution in [-0.4, -0.2) is 59.0 Å². The number of H-pyrrole nitrogens is 1. The lowest BCUT2D eigenvalue weighted by atomic mass is 9.93. The van der Waals surface area contributed by atoms with Crippen LogP contribution < -0.4 is 10.6 Å². The number of carbonyl (C=O) groups excluding carboxylic acids is 2. The zero-order valence-corrected chi connectivity index (χ0v) is 19.7. The summed E-state index contributed by atoms with van der Waals surface area (Å²) in [6, 6.07) is 12.5. The first kappa shape index (κ1) is 20.7. The summed E-state index contributed by atoms with van der Waals surface area (Å²) in [5.41, 5.74) is 5.21. The minimum absolute atomic E-state index is 0.312. The summed E-state index contributed by atoms with van der Waals surface area (Å²) >= 11 is 0. The van der Waals surface area contributed by atoms with Crippen LogP contribution in [-0.2, 0) is 13.5 Å². The Hall–Kier alpha value is -3.68. The molecule has 2 amide bonds. The molecule has 5 aromatic rings.